The maximum absolute atomic E-state index is 8.96. The first-order chi connectivity index (χ1) is 14.3. The van der Waals surface area contributed by atoms with E-state index in [2.05, 4.69) is 49.4 Å². The van der Waals surface area contributed by atoms with Gasteiger partial charge in [-0.05, 0) is 79.3 Å². The van der Waals surface area contributed by atoms with Crippen molar-refractivity contribution in [1.82, 2.24) is 0 Å². The molecule has 1 aliphatic carbocycles. The fourth-order valence-electron chi connectivity index (χ4n) is 4.50. The molecule has 0 atom stereocenters. The van der Waals surface area contributed by atoms with Crippen LogP contribution in [0.4, 0.5) is 0 Å². The van der Waals surface area contributed by atoms with E-state index in [9.17, 15) is 0 Å². The zero-order valence-corrected chi connectivity index (χ0v) is 17.9. The lowest BCUT2D eigenvalue weighted by atomic mass is 9.76. The van der Waals surface area contributed by atoms with Crippen molar-refractivity contribution in [2.75, 3.05) is 6.61 Å². The fraction of sp³-hybridized carbons (Fsp3) is 0.519. The first-order valence-electron chi connectivity index (χ1n) is 11.5. The third-order valence-corrected chi connectivity index (χ3v) is 6.36. The summed E-state index contributed by atoms with van der Waals surface area (Å²) in [5, 5.41) is 8.96. The summed E-state index contributed by atoms with van der Waals surface area (Å²) >= 11 is 0. The van der Waals surface area contributed by atoms with E-state index in [0.717, 1.165) is 24.3 Å². The molecular weight excluding hydrogens is 354 g/mol. The van der Waals surface area contributed by atoms with Crippen molar-refractivity contribution in [3.05, 3.63) is 65.2 Å². The lowest BCUT2D eigenvalue weighted by molar-refractivity contribution is 0.304. The third-order valence-electron chi connectivity index (χ3n) is 6.36. The quantitative estimate of drug-likeness (QED) is 0.389. The Hall–Kier alpha value is -2.27. The monoisotopic (exact) mass is 389 g/mol. The summed E-state index contributed by atoms with van der Waals surface area (Å²) < 4.78 is 5.93. The Balaban J connectivity index is 1.40. The van der Waals surface area contributed by atoms with Gasteiger partial charge in [0, 0.05) is 0 Å². The van der Waals surface area contributed by atoms with Crippen molar-refractivity contribution in [2.45, 2.75) is 83.0 Å². The second kappa shape index (κ2) is 11.7. The van der Waals surface area contributed by atoms with Crippen LogP contribution in [0.15, 0.2) is 48.5 Å². The Kier molecular flexibility index (Phi) is 8.62. The van der Waals surface area contributed by atoms with E-state index in [1.807, 2.05) is 12.1 Å². The SMILES string of the molecule is CCCCCCCCOc1ccc([C@H]2CC[C@H](c3ccc(C#N)cc3)CC2)cc1. The van der Waals surface area contributed by atoms with Crippen LogP contribution in [-0.4, -0.2) is 6.61 Å². The molecular formula is C27H35NO. The van der Waals surface area contributed by atoms with Crippen molar-refractivity contribution in [3.8, 4) is 11.8 Å². The molecule has 0 N–H and O–H groups in total. The van der Waals surface area contributed by atoms with Gasteiger partial charge in [-0.25, -0.2) is 0 Å². The number of ether oxygens (including phenoxy) is 1. The molecule has 2 heteroatoms. The Labute approximate surface area is 176 Å². The van der Waals surface area contributed by atoms with Crippen LogP contribution in [0.25, 0.3) is 0 Å². The predicted molar refractivity (Wildman–Crippen MR) is 120 cm³/mol. The van der Waals surface area contributed by atoms with Gasteiger partial charge >= 0.3 is 0 Å². The van der Waals surface area contributed by atoms with E-state index >= 15 is 0 Å². The molecule has 1 aliphatic rings. The molecule has 1 saturated carbocycles. The van der Waals surface area contributed by atoms with Crippen LogP contribution >= 0.6 is 0 Å². The van der Waals surface area contributed by atoms with Gasteiger partial charge in [-0.2, -0.15) is 5.26 Å². The van der Waals surface area contributed by atoms with Crippen molar-refractivity contribution < 1.29 is 4.74 Å². The molecule has 0 saturated heterocycles. The summed E-state index contributed by atoms with van der Waals surface area (Å²) in [6.45, 7) is 3.09. The average molecular weight is 390 g/mol. The zero-order chi connectivity index (χ0) is 20.3. The highest BCUT2D eigenvalue weighted by Crippen LogP contribution is 2.40. The highest BCUT2D eigenvalue weighted by Gasteiger charge is 2.23. The Morgan fingerprint density at radius 3 is 1.83 bits per heavy atom. The maximum atomic E-state index is 8.96. The molecule has 0 unspecified atom stereocenters. The largest absolute Gasteiger partial charge is 0.494 e. The molecule has 3 rings (SSSR count). The van der Waals surface area contributed by atoms with E-state index in [1.54, 1.807) is 0 Å². The summed E-state index contributed by atoms with van der Waals surface area (Å²) in [6.07, 6.45) is 12.7. The summed E-state index contributed by atoms with van der Waals surface area (Å²) in [6, 6.07) is 19.2. The summed E-state index contributed by atoms with van der Waals surface area (Å²) in [5.74, 6) is 2.31. The molecule has 154 valence electrons. The normalized spacial score (nSPS) is 18.9. The van der Waals surface area contributed by atoms with Crippen LogP contribution in [0.1, 0.15) is 99.7 Å². The van der Waals surface area contributed by atoms with E-state index in [0.29, 0.717) is 11.8 Å². The molecule has 0 spiro atoms. The maximum Gasteiger partial charge on any atom is 0.119 e. The number of nitrogens with zero attached hydrogens (tertiary/aromatic N) is 1. The van der Waals surface area contributed by atoms with Crippen LogP contribution in [0.3, 0.4) is 0 Å². The van der Waals surface area contributed by atoms with Crippen LogP contribution in [-0.2, 0) is 0 Å². The van der Waals surface area contributed by atoms with Gasteiger partial charge in [0.1, 0.15) is 5.75 Å². The van der Waals surface area contributed by atoms with E-state index in [1.165, 1.54) is 68.9 Å². The highest BCUT2D eigenvalue weighted by molar-refractivity contribution is 5.34. The third kappa shape index (κ3) is 6.64. The predicted octanol–water partition coefficient (Wildman–Crippen LogP) is 7.74. The number of nitriles is 1. The standard InChI is InChI=1S/C27H35NO/c1-2-3-4-5-6-7-20-29-27-18-16-26(17-19-27)25-14-12-24(13-15-25)23-10-8-22(21-28)9-11-23/h8-11,16-19,24-25H,2-7,12-15,20H2,1H3/t24-,25-. The molecule has 0 heterocycles. The van der Waals surface area contributed by atoms with Gasteiger partial charge in [0.05, 0.1) is 18.2 Å². The second-order valence-electron chi connectivity index (χ2n) is 8.47. The minimum Gasteiger partial charge on any atom is -0.494 e. The number of benzene rings is 2. The highest BCUT2D eigenvalue weighted by atomic mass is 16.5. The summed E-state index contributed by atoms with van der Waals surface area (Å²) in [4.78, 5) is 0. The molecule has 0 radical (unpaired) electrons. The Morgan fingerprint density at radius 2 is 1.28 bits per heavy atom. The van der Waals surface area contributed by atoms with Crippen molar-refractivity contribution in [2.24, 2.45) is 0 Å². The fourth-order valence-corrected chi connectivity index (χ4v) is 4.50. The first kappa shape index (κ1) is 21.4. The molecule has 2 aromatic carbocycles. The molecule has 0 aliphatic heterocycles. The van der Waals surface area contributed by atoms with Crippen LogP contribution in [0.2, 0.25) is 0 Å². The van der Waals surface area contributed by atoms with E-state index < -0.39 is 0 Å². The lowest BCUT2D eigenvalue weighted by Crippen LogP contribution is -2.12. The van der Waals surface area contributed by atoms with Crippen molar-refractivity contribution >= 4 is 0 Å². The van der Waals surface area contributed by atoms with Gasteiger partial charge in [-0.15, -0.1) is 0 Å². The van der Waals surface area contributed by atoms with Crippen molar-refractivity contribution in [3.63, 3.8) is 0 Å². The molecule has 2 nitrogen and oxygen atoms in total. The lowest BCUT2D eigenvalue weighted by Gasteiger charge is -2.29. The van der Waals surface area contributed by atoms with Gasteiger partial charge in [-0.3, -0.25) is 0 Å². The van der Waals surface area contributed by atoms with Crippen LogP contribution in [0, 0.1) is 11.3 Å². The number of hydrogen-bond donors (Lipinski definition) is 0. The zero-order valence-electron chi connectivity index (χ0n) is 17.9. The number of unbranched alkanes of at least 4 members (excludes halogenated alkanes) is 5. The molecule has 0 amide bonds. The molecule has 29 heavy (non-hydrogen) atoms. The van der Waals surface area contributed by atoms with Gasteiger partial charge < -0.3 is 4.74 Å². The first-order valence-corrected chi connectivity index (χ1v) is 11.5. The van der Waals surface area contributed by atoms with E-state index in [-0.39, 0.29) is 0 Å². The number of hydrogen-bond acceptors (Lipinski definition) is 2. The summed E-state index contributed by atoms with van der Waals surface area (Å²) in [7, 11) is 0. The van der Waals surface area contributed by atoms with Crippen LogP contribution < -0.4 is 4.74 Å². The van der Waals surface area contributed by atoms with Gasteiger partial charge in [-0.1, -0.05) is 63.3 Å². The van der Waals surface area contributed by atoms with Gasteiger partial charge in [0.25, 0.3) is 0 Å². The number of rotatable bonds is 10. The Bertz CT molecular complexity index is 749. The molecule has 0 bridgehead atoms. The minimum absolute atomic E-state index is 0.638. The Morgan fingerprint density at radius 1 is 0.759 bits per heavy atom. The topological polar surface area (TPSA) is 33.0 Å². The molecule has 0 aromatic heterocycles. The van der Waals surface area contributed by atoms with Crippen LogP contribution in [0.5, 0.6) is 5.75 Å². The van der Waals surface area contributed by atoms with E-state index in [4.69, 9.17) is 10.00 Å². The average Bonchev–Trinajstić information content (AvgIpc) is 2.79. The smallest absolute Gasteiger partial charge is 0.119 e. The minimum atomic E-state index is 0.638. The van der Waals surface area contributed by atoms with Crippen molar-refractivity contribution in [1.29, 1.82) is 5.26 Å². The van der Waals surface area contributed by atoms with Gasteiger partial charge in [0.2, 0.25) is 0 Å². The molecule has 2 aromatic rings. The van der Waals surface area contributed by atoms with Gasteiger partial charge in [0.15, 0.2) is 0 Å². The molecule has 1 fully saturated rings. The second-order valence-corrected chi connectivity index (χ2v) is 8.47. The summed E-state index contributed by atoms with van der Waals surface area (Å²) in [5.41, 5.74) is 3.59.